The van der Waals surface area contributed by atoms with Gasteiger partial charge >= 0.3 is 0 Å². The highest BCUT2D eigenvalue weighted by Gasteiger charge is 2.14. The van der Waals surface area contributed by atoms with Gasteiger partial charge in [0.1, 0.15) is 29.9 Å². The minimum Gasteiger partial charge on any atom is -0.496 e. The molecule has 0 radical (unpaired) electrons. The van der Waals surface area contributed by atoms with Crippen molar-refractivity contribution in [3.63, 3.8) is 0 Å². The predicted octanol–water partition coefficient (Wildman–Crippen LogP) is 4.63. The molecule has 5 nitrogen and oxygen atoms in total. The third kappa shape index (κ3) is 3.81. The monoisotopic (exact) mass is 373 g/mol. The molecule has 0 saturated heterocycles. The Bertz CT molecular complexity index is 998. The maximum Gasteiger partial charge on any atom is 0.157 e. The van der Waals surface area contributed by atoms with Gasteiger partial charge in [0.25, 0.3) is 0 Å². The Morgan fingerprint density at radius 3 is 2.21 bits per heavy atom. The van der Waals surface area contributed by atoms with Crippen molar-refractivity contribution in [2.75, 3.05) is 14.2 Å². The van der Waals surface area contributed by atoms with Gasteiger partial charge < -0.3 is 14.2 Å². The molecule has 0 bridgehead atoms. The summed E-state index contributed by atoms with van der Waals surface area (Å²) >= 11 is 0. The van der Waals surface area contributed by atoms with Crippen LogP contribution in [-0.2, 0) is 6.61 Å². The van der Waals surface area contributed by atoms with Crippen molar-refractivity contribution in [2.45, 2.75) is 6.61 Å². The first kappa shape index (κ1) is 19.0. The van der Waals surface area contributed by atoms with Gasteiger partial charge in [-0.05, 0) is 11.1 Å². The second-order valence-electron chi connectivity index (χ2n) is 5.97. The second kappa shape index (κ2) is 8.74. The molecule has 0 fully saturated rings. The van der Waals surface area contributed by atoms with Crippen LogP contribution in [0.5, 0.6) is 17.2 Å². The zero-order chi connectivity index (χ0) is 19.9. The molecule has 3 aromatic rings. The number of nitriles is 1. The predicted molar refractivity (Wildman–Crippen MR) is 106 cm³/mol. The minimum atomic E-state index is 0.191. The van der Waals surface area contributed by atoms with Crippen molar-refractivity contribution in [1.29, 1.82) is 5.26 Å². The van der Waals surface area contributed by atoms with E-state index in [1.165, 1.54) is 14.2 Å². The van der Waals surface area contributed by atoms with Crippen LogP contribution in [0.4, 0.5) is 0 Å². The lowest BCUT2D eigenvalue weighted by Gasteiger charge is -2.14. The molecule has 5 heteroatoms. The summed E-state index contributed by atoms with van der Waals surface area (Å²) in [6.07, 6.45) is 0.679. The fourth-order valence-electron chi connectivity index (χ4n) is 2.99. The Morgan fingerprint density at radius 1 is 0.964 bits per heavy atom. The molecular formula is C23H19NO4. The van der Waals surface area contributed by atoms with Gasteiger partial charge in [0.2, 0.25) is 0 Å². The Morgan fingerprint density at radius 2 is 1.64 bits per heavy atom. The molecule has 0 atom stereocenters. The lowest BCUT2D eigenvalue weighted by molar-refractivity contribution is 0.111. The first-order valence-corrected chi connectivity index (χ1v) is 8.63. The summed E-state index contributed by atoms with van der Waals surface area (Å²) < 4.78 is 16.4. The third-order valence-electron chi connectivity index (χ3n) is 4.38. The lowest BCUT2D eigenvalue weighted by Crippen LogP contribution is -2.02. The first-order chi connectivity index (χ1) is 13.7. The number of nitrogens with zero attached hydrogens (tertiary/aromatic N) is 1. The molecule has 0 saturated carbocycles. The molecule has 0 aliphatic rings. The highest BCUT2D eigenvalue weighted by Crippen LogP contribution is 2.33. The van der Waals surface area contributed by atoms with Crippen LogP contribution >= 0.6 is 0 Å². The Kier molecular flexibility index (Phi) is 5.93. The van der Waals surface area contributed by atoms with Crippen LogP contribution in [0.3, 0.4) is 0 Å². The number of carbonyl (C=O) groups excluding carboxylic acids is 1. The number of ether oxygens (including phenoxy) is 3. The van der Waals surface area contributed by atoms with E-state index in [1.807, 2.05) is 48.5 Å². The van der Waals surface area contributed by atoms with Crippen molar-refractivity contribution >= 4 is 6.29 Å². The van der Waals surface area contributed by atoms with Gasteiger partial charge in [-0.25, -0.2) is 0 Å². The van der Waals surface area contributed by atoms with Gasteiger partial charge in [-0.2, -0.15) is 5.26 Å². The summed E-state index contributed by atoms with van der Waals surface area (Å²) in [6, 6.07) is 21.0. The average Bonchev–Trinajstić information content (AvgIpc) is 2.76. The zero-order valence-corrected chi connectivity index (χ0v) is 15.6. The number of methoxy groups -OCH3 is 2. The molecule has 0 amide bonds. The van der Waals surface area contributed by atoms with E-state index in [9.17, 15) is 10.1 Å². The van der Waals surface area contributed by atoms with Crippen molar-refractivity contribution < 1.29 is 19.0 Å². The highest BCUT2D eigenvalue weighted by molar-refractivity contribution is 5.84. The summed E-state index contributed by atoms with van der Waals surface area (Å²) in [4.78, 5) is 11.3. The van der Waals surface area contributed by atoms with Crippen LogP contribution < -0.4 is 14.2 Å². The van der Waals surface area contributed by atoms with Crippen LogP contribution in [0, 0.1) is 11.3 Å². The summed E-state index contributed by atoms with van der Waals surface area (Å²) in [5, 5.41) is 9.71. The standard InChI is InChI=1S/C23H19NO4/c1-26-22-11-18(12-23(27-2)21(22)14-25)28-15-17-9-6-10-19(20(17)13-24)16-7-4-3-5-8-16/h3-12,14H,15H2,1-2H3. The molecule has 140 valence electrons. The van der Waals surface area contributed by atoms with E-state index in [0.29, 0.717) is 34.7 Å². The lowest BCUT2D eigenvalue weighted by atomic mass is 9.96. The van der Waals surface area contributed by atoms with Gasteiger partial charge in [0.05, 0.1) is 25.3 Å². The first-order valence-electron chi connectivity index (χ1n) is 8.63. The van der Waals surface area contributed by atoms with E-state index in [1.54, 1.807) is 12.1 Å². The fourth-order valence-corrected chi connectivity index (χ4v) is 2.99. The largest absolute Gasteiger partial charge is 0.496 e. The van der Waals surface area contributed by atoms with Crippen LogP contribution in [0.1, 0.15) is 21.5 Å². The summed E-state index contributed by atoms with van der Waals surface area (Å²) in [7, 11) is 2.95. The van der Waals surface area contributed by atoms with Gasteiger partial charge in [0, 0.05) is 17.7 Å². The van der Waals surface area contributed by atoms with Crippen molar-refractivity contribution in [2.24, 2.45) is 0 Å². The normalized spacial score (nSPS) is 10.0. The van der Waals surface area contributed by atoms with Gasteiger partial charge in [-0.1, -0.05) is 48.5 Å². The summed E-state index contributed by atoms with van der Waals surface area (Å²) in [6.45, 7) is 0.191. The maximum atomic E-state index is 11.3. The minimum absolute atomic E-state index is 0.191. The van der Waals surface area contributed by atoms with Crippen LogP contribution in [0.2, 0.25) is 0 Å². The molecule has 0 aromatic heterocycles. The van der Waals surface area contributed by atoms with Gasteiger partial charge in [0.15, 0.2) is 6.29 Å². The summed E-state index contributed by atoms with van der Waals surface area (Å²) in [5.74, 6) is 1.21. The van der Waals surface area contributed by atoms with Crippen LogP contribution in [-0.4, -0.2) is 20.5 Å². The molecule has 28 heavy (non-hydrogen) atoms. The Hall–Kier alpha value is -3.78. The average molecular weight is 373 g/mol. The number of hydrogen-bond acceptors (Lipinski definition) is 5. The van der Waals surface area contributed by atoms with E-state index in [0.717, 1.165) is 16.7 Å². The van der Waals surface area contributed by atoms with Gasteiger partial charge in [-0.15, -0.1) is 0 Å². The smallest absolute Gasteiger partial charge is 0.157 e. The number of carbonyl (C=O) groups is 1. The fraction of sp³-hybridized carbons (Fsp3) is 0.130. The molecule has 0 unspecified atom stereocenters. The van der Waals surface area contributed by atoms with Crippen LogP contribution in [0.25, 0.3) is 11.1 Å². The molecule has 0 aliphatic heterocycles. The van der Waals surface area contributed by atoms with Crippen molar-refractivity contribution in [3.8, 4) is 34.4 Å². The van der Waals surface area contributed by atoms with Gasteiger partial charge in [-0.3, -0.25) is 4.79 Å². The Balaban J connectivity index is 1.92. The van der Waals surface area contributed by atoms with E-state index < -0.39 is 0 Å². The number of rotatable bonds is 7. The number of aldehydes is 1. The molecular weight excluding hydrogens is 354 g/mol. The van der Waals surface area contributed by atoms with Crippen LogP contribution in [0.15, 0.2) is 60.7 Å². The van der Waals surface area contributed by atoms with Crippen molar-refractivity contribution in [3.05, 3.63) is 77.4 Å². The molecule has 0 aliphatic carbocycles. The van der Waals surface area contributed by atoms with E-state index in [4.69, 9.17) is 14.2 Å². The number of hydrogen-bond donors (Lipinski definition) is 0. The molecule has 0 heterocycles. The van der Waals surface area contributed by atoms with E-state index in [2.05, 4.69) is 6.07 Å². The Labute approximate surface area is 163 Å². The highest BCUT2D eigenvalue weighted by atomic mass is 16.5. The quantitative estimate of drug-likeness (QED) is 0.565. The molecule has 0 spiro atoms. The maximum absolute atomic E-state index is 11.3. The topological polar surface area (TPSA) is 68.6 Å². The number of benzene rings is 3. The molecule has 3 rings (SSSR count). The summed E-state index contributed by atoms with van der Waals surface area (Å²) in [5.41, 5.74) is 3.48. The van der Waals surface area contributed by atoms with E-state index >= 15 is 0 Å². The molecule has 0 N–H and O–H groups in total. The molecule has 3 aromatic carbocycles. The SMILES string of the molecule is COc1cc(OCc2cccc(-c3ccccc3)c2C#N)cc(OC)c1C=O. The van der Waals surface area contributed by atoms with E-state index in [-0.39, 0.29) is 6.61 Å². The second-order valence-corrected chi connectivity index (χ2v) is 5.97. The third-order valence-corrected chi connectivity index (χ3v) is 4.38. The zero-order valence-electron chi connectivity index (χ0n) is 15.6. The van der Waals surface area contributed by atoms with Crippen molar-refractivity contribution in [1.82, 2.24) is 0 Å².